The molecule has 0 spiro atoms. The number of rotatable bonds is 22. The van der Waals surface area contributed by atoms with E-state index >= 15 is 0 Å². The van der Waals surface area contributed by atoms with E-state index in [1.807, 2.05) is 0 Å². The van der Waals surface area contributed by atoms with Crippen LogP contribution < -0.4 is 10.6 Å². The van der Waals surface area contributed by atoms with E-state index in [-0.39, 0.29) is 12.7 Å². The SMILES string of the molecule is C[C@H](Cn1cnc2c(N)ncnc21)OCP(=O)([O-])OCCCCCCCCCCCCCCCCC#C[Si](C)(C)C. The molecule has 2 rings (SSSR count). The molecule has 2 aromatic rings. The van der Waals surface area contributed by atoms with E-state index in [1.165, 1.54) is 77.0 Å². The van der Waals surface area contributed by atoms with Crippen molar-refractivity contribution in [2.45, 2.75) is 136 Å². The van der Waals surface area contributed by atoms with Gasteiger partial charge in [0.05, 0.1) is 25.6 Å². The average Bonchev–Trinajstić information content (AvgIpc) is 3.32. The molecule has 0 aliphatic rings. The summed E-state index contributed by atoms with van der Waals surface area (Å²) >= 11 is 0. The maximum Gasteiger partial charge on any atom is 0.165 e. The molecule has 9 nitrogen and oxygen atoms in total. The summed E-state index contributed by atoms with van der Waals surface area (Å²) in [7, 11) is -5.23. The van der Waals surface area contributed by atoms with E-state index in [0.29, 0.717) is 23.5 Å². The smallest absolute Gasteiger partial charge is 0.165 e. The van der Waals surface area contributed by atoms with Crippen molar-refractivity contribution in [3.8, 4) is 11.5 Å². The summed E-state index contributed by atoms with van der Waals surface area (Å²) < 4.78 is 24.7. The van der Waals surface area contributed by atoms with Gasteiger partial charge in [-0.2, -0.15) is 0 Å². The van der Waals surface area contributed by atoms with Crippen molar-refractivity contribution in [2.24, 2.45) is 0 Å². The van der Waals surface area contributed by atoms with Crippen LogP contribution in [0.3, 0.4) is 0 Å². The Kier molecular flexibility index (Phi) is 16.8. The summed E-state index contributed by atoms with van der Waals surface area (Å²) in [6, 6.07) is 0. The highest BCUT2D eigenvalue weighted by Gasteiger charge is 2.15. The first-order chi connectivity index (χ1) is 19.6. The molecule has 0 aromatic carbocycles. The van der Waals surface area contributed by atoms with Crippen LogP contribution >= 0.6 is 7.60 Å². The maximum absolute atomic E-state index is 12.2. The van der Waals surface area contributed by atoms with Crippen LogP contribution in [0.2, 0.25) is 19.6 Å². The third-order valence-electron chi connectivity index (χ3n) is 6.85. The monoisotopic (exact) mass is 606 g/mol. The molecular formula is C30H53N5O4PSi-. The van der Waals surface area contributed by atoms with E-state index in [2.05, 4.69) is 46.1 Å². The molecule has 0 bridgehead atoms. The number of nitrogens with two attached hydrogens (primary N) is 1. The molecule has 0 aliphatic carbocycles. The number of ether oxygens (including phenoxy) is 1. The normalized spacial score (nSPS) is 14.1. The summed E-state index contributed by atoms with van der Waals surface area (Å²) in [4.78, 5) is 24.5. The lowest BCUT2D eigenvalue weighted by Crippen LogP contribution is -2.20. The fourth-order valence-corrected chi connectivity index (χ4v) is 6.16. The molecule has 2 atom stereocenters. The lowest BCUT2D eigenvalue weighted by Gasteiger charge is -2.25. The Bertz CT molecular complexity index is 1110. The first-order valence-electron chi connectivity index (χ1n) is 15.5. The van der Waals surface area contributed by atoms with Crippen molar-refractivity contribution in [1.29, 1.82) is 0 Å². The van der Waals surface area contributed by atoms with Crippen LogP contribution in [0.5, 0.6) is 0 Å². The third kappa shape index (κ3) is 16.5. The number of nitrogen functional groups attached to an aromatic ring is 1. The standard InChI is InChI=1S/C30H54N5O4PSi/c1-27(23-35-25-34-28-29(31)32-24-33-30(28)35)38-26-40(36,37)39-21-19-17-15-13-11-9-7-5-6-8-10-12-14-16-18-20-22-41(2,3)4/h24-25,27H,5-19,21,23,26H2,1-4H3,(H,36,37)(H2,31,32,33)/p-1/t27-/m1/s1. The topological polar surface area (TPSA) is 128 Å². The molecule has 41 heavy (non-hydrogen) atoms. The second-order valence-electron chi connectivity index (χ2n) is 12.1. The lowest BCUT2D eigenvalue weighted by molar-refractivity contribution is -0.205. The number of fused-ring (bicyclic) bond motifs is 1. The van der Waals surface area contributed by atoms with E-state index in [0.717, 1.165) is 25.7 Å². The Hall–Kier alpha value is -1.76. The van der Waals surface area contributed by atoms with Gasteiger partial charge in [0.2, 0.25) is 0 Å². The van der Waals surface area contributed by atoms with Gasteiger partial charge in [0, 0.05) is 6.42 Å². The van der Waals surface area contributed by atoms with Crippen LogP contribution in [-0.4, -0.2) is 46.7 Å². The molecule has 11 heteroatoms. The van der Waals surface area contributed by atoms with Crippen molar-refractivity contribution in [3.05, 3.63) is 12.7 Å². The van der Waals surface area contributed by atoms with Gasteiger partial charge in [-0.3, -0.25) is 0 Å². The van der Waals surface area contributed by atoms with Crippen LogP contribution in [0.4, 0.5) is 5.82 Å². The van der Waals surface area contributed by atoms with Gasteiger partial charge in [-0.1, -0.05) is 96.7 Å². The molecule has 0 fully saturated rings. The first-order valence-corrected chi connectivity index (χ1v) is 20.8. The number of hydrogen-bond acceptors (Lipinski definition) is 8. The van der Waals surface area contributed by atoms with E-state index in [4.69, 9.17) is 15.0 Å². The van der Waals surface area contributed by atoms with Gasteiger partial charge >= 0.3 is 0 Å². The van der Waals surface area contributed by atoms with Gasteiger partial charge in [-0.25, -0.2) is 15.0 Å². The fraction of sp³-hybridized carbons (Fsp3) is 0.767. The fourth-order valence-electron chi connectivity index (χ4n) is 4.59. The third-order valence-corrected chi connectivity index (χ3v) is 8.82. The van der Waals surface area contributed by atoms with E-state index in [1.54, 1.807) is 17.8 Å². The van der Waals surface area contributed by atoms with E-state index < -0.39 is 22.0 Å². The van der Waals surface area contributed by atoms with Crippen LogP contribution in [0.25, 0.3) is 11.2 Å². The number of imidazole rings is 1. The lowest BCUT2D eigenvalue weighted by atomic mass is 10.0. The van der Waals surface area contributed by atoms with Gasteiger partial charge in [-0.05, 0) is 19.8 Å². The quantitative estimate of drug-likeness (QED) is 0.0652. The van der Waals surface area contributed by atoms with Crippen molar-refractivity contribution < 1.29 is 18.7 Å². The van der Waals surface area contributed by atoms with Crippen molar-refractivity contribution in [3.63, 3.8) is 0 Å². The second kappa shape index (κ2) is 19.4. The van der Waals surface area contributed by atoms with Crippen LogP contribution in [0, 0.1) is 11.5 Å². The van der Waals surface area contributed by atoms with Gasteiger partial charge in [0.25, 0.3) is 0 Å². The number of anilines is 1. The minimum Gasteiger partial charge on any atom is -0.777 e. The molecule has 0 amide bonds. The van der Waals surface area contributed by atoms with Crippen LogP contribution in [-0.2, 0) is 20.4 Å². The van der Waals surface area contributed by atoms with Crippen molar-refractivity contribution in [2.75, 3.05) is 18.7 Å². The molecule has 0 saturated heterocycles. The molecule has 2 aromatic heterocycles. The zero-order valence-corrected chi connectivity index (χ0v) is 27.8. The van der Waals surface area contributed by atoms with Crippen molar-refractivity contribution in [1.82, 2.24) is 19.5 Å². The summed E-state index contributed by atoms with van der Waals surface area (Å²) in [5.41, 5.74) is 10.4. The molecule has 0 radical (unpaired) electrons. The summed E-state index contributed by atoms with van der Waals surface area (Å²) in [5.74, 6) is 3.68. The average molecular weight is 607 g/mol. The highest BCUT2D eigenvalue weighted by Crippen LogP contribution is 2.37. The minimum absolute atomic E-state index is 0.215. The zero-order valence-electron chi connectivity index (χ0n) is 25.9. The first kappa shape index (κ1) is 35.4. The number of unbranched alkanes of at least 4 members (excludes halogenated alkanes) is 14. The Balaban J connectivity index is 1.37. The Labute approximate surface area is 249 Å². The highest BCUT2D eigenvalue weighted by molar-refractivity contribution is 7.51. The molecule has 0 saturated carbocycles. The van der Waals surface area contributed by atoms with Crippen LogP contribution in [0.15, 0.2) is 12.7 Å². The number of aromatic nitrogens is 4. The predicted molar refractivity (Wildman–Crippen MR) is 169 cm³/mol. The Morgan fingerprint density at radius 3 is 2.07 bits per heavy atom. The van der Waals surface area contributed by atoms with Gasteiger partial charge in [0.1, 0.15) is 26.3 Å². The molecular weight excluding hydrogens is 553 g/mol. The molecule has 1 unspecified atom stereocenters. The number of nitrogens with zero attached hydrogens (tertiary/aromatic N) is 4. The minimum atomic E-state index is -4.04. The summed E-state index contributed by atoms with van der Waals surface area (Å²) in [6.07, 6.45) is 20.5. The van der Waals surface area contributed by atoms with Gasteiger partial charge < -0.3 is 29.0 Å². The predicted octanol–water partition coefficient (Wildman–Crippen LogP) is 7.07. The molecule has 0 aliphatic heterocycles. The highest BCUT2D eigenvalue weighted by atomic mass is 31.2. The second-order valence-corrected chi connectivity index (χ2v) is 18.6. The van der Waals surface area contributed by atoms with Gasteiger partial charge in [0.15, 0.2) is 19.1 Å². The maximum atomic E-state index is 12.2. The zero-order chi connectivity index (χ0) is 30.0. The Morgan fingerprint density at radius 2 is 1.49 bits per heavy atom. The van der Waals surface area contributed by atoms with E-state index in [9.17, 15) is 9.46 Å². The largest absolute Gasteiger partial charge is 0.777 e. The van der Waals surface area contributed by atoms with Crippen LogP contribution in [0.1, 0.15) is 103 Å². The molecule has 2 heterocycles. The number of hydrogen-bond donors (Lipinski definition) is 1. The summed E-state index contributed by atoms with van der Waals surface area (Å²) in [6.45, 7) is 9.31. The van der Waals surface area contributed by atoms with Gasteiger partial charge in [-0.15, -0.1) is 11.5 Å². The molecule has 232 valence electrons. The molecule has 2 N–H and O–H groups in total. The summed E-state index contributed by atoms with van der Waals surface area (Å²) in [5, 5.41) is 0. The van der Waals surface area contributed by atoms with Crippen molar-refractivity contribution >= 4 is 32.7 Å². The Morgan fingerprint density at radius 1 is 0.927 bits per heavy atom.